The van der Waals surface area contributed by atoms with Gasteiger partial charge in [-0.2, -0.15) is 0 Å². The number of rotatable bonds is 4. The second-order valence-corrected chi connectivity index (χ2v) is 7.09. The van der Waals surface area contributed by atoms with Crippen LogP contribution in [0.1, 0.15) is 10.4 Å². The van der Waals surface area contributed by atoms with Crippen molar-refractivity contribution in [1.29, 1.82) is 0 Å². The Morgan fingerprint density at radius 2 is 1.17 bits per heavy atom. The number of carboxylic acids is 1. The van der Waals surface area contributed by atoms with Gasteiger partial charge in [-0.1, -0.05) is 91.0 Å². The van der Waals surface area contributed by atoms with Crippen molar-refractivity contribution in [2.45, 2.75) is 0 Å². The lowest BCUT2D eigenvalue weighted by Gasteiger charge is -2.17. The van der Waals surface area contributed by atoms with Gasteiger partial charge in [0.1, 0.15) is 17.1 Å². The number of hydrogen-bond acceptors (Lipinski definition) is 2. The Morgan fingerprint density at radius 3 is 1.93 bits per heavy atom. The van der Waals surface area contributed by atoms with Crippen molar-refractivity contribution in [1.82, 2.24) is 0 Å². The smallest absolute Gasteiger partial charge is 0.339 e. The second kappa shape index (κ2) is 7.37. The zero-order valence-electron chi connectivity index (χ0n) is 16.1. The Balaban J connectivity index is 1.76. The Kier molecular flexibility index (Phi) is 4.41. The van der Waals surface area contributed by atoms with Gasteiger partial charge >= 0.3 is 5.97 Å². The second-order valence-electron chi connectivity index (χ2n) is 7.09. The SMILES string of the molecule is O=C(O)c1cccc(-c2cccc3ccccc23)c1Oc1cccc2ccccc12. The van der Waals surface area contributed by atoms with Gasteiger partial charge < -0.3 is 9.84 Å². The van der Waals surface area contributed by atoms with E-state index < -0.39 is 5.97 Å². The van der Waals surface area contributed by atoms with Crippen molar-refractivity contribution in [2.24, 2.45) is 0 Å². The molecule has 0 unspecified atom stereocenters. The van der Waals surface area contributed by atoms with E-state index in [0.29, 0.717) is 11.5 Å². The highest BCUT2D eigenvalue weighted by Gasteiger charge is 2.19. The van der Waals surface area contributed by atoms with Crippen LogP contribution in [0, 0.1) is 0 Å². The van der Waals surface area contributed by atoms with Crippen molar-refractivity contribution in [3.63, 3.8) is 0 Å². The van der Waals surface area contributed by atoms with Crippen LogP contribution in [0.25, 0.3) is 32.7 Å². The number of hydrogen-bond donors (Lipinski definition) is 1. The maximum Gasteiger partial charge on any atom is 0.339 e. The van der Waals surface area contributed by atoms with E-state index in [9.17, 15) is 9.90 Å². The normalized spacial score (nSPS) is 10.9. The Labute approximate surface area is 173 Å². The molecule has 144 valence electrons. The van der Waals surface area contributed by atoms with E-state index in [1.807, 2.05) is 91.0 Å². The topological polar surface area (TPSA) is 46.5 Å². The molecule has 0 radical (unpaired) electrons. The van der Waals surface area contributed by atoms with Crippen LogP contribution in [0.3, 0.4) is 0 Å². The third-order valence-corrected chi connectivity index (χ3v) is 5.29. The number of aromatic carboxylic acids is 1. The first-order valence-corrected chi connectivity index (χ1v) is 9.72. The molecule has 0 aromatic heterocycles. The Hall–Kier alpha value is -4.11. The van der Waals surface area contributed by atoms with Gasteiger partial charge in [-0.05, 0) is 33.9 Å². The van der Waals surface area contributed by atoms with Crippen molar-refractivity contribution in [3.8, 4) is 22.6 Å². The average Bonchev–Trinajstić information content (AvgIpc) is 2.79. The van der Waals surface area contributed by atoms with Crippen LogP contribution in [0.4, 0.5) is 0 Å². The summed E-state index contributed by atoms with van der Waals surface area (Å²) in [5.41, 5.74) is 1.82. The molecule has 3 heteroatoms. The molecule has 0 saturated heterocycles. The lowest BCUT2D eigenvalue weighted by Crippen LogP contribution is -2.02. The van der Waals surface area contributed by atoms with E-state index in [-0.39, 0.29) is 5.56 Å². The van der Waals surface area contributed by atoms with Crippen molar-refractivity contribution in [2.75, 3.05) is 0 Å². The molecule has 5 aromatic carbocycles. The molecule has 30 heavy (non-hydrogen) atoms. The predicted octanol–water partition coefficient (Wildman–Crippen LogP) is 7.15. The summed E-state index contributed by atoms with van der Waals surface area (Å²) in [7, 11) is 0. The molecule has 0 bridgehead atoms. The van der Waals surface area contributed by atoms with Crippen LogP contribution < -0.4 is 4.74 Å². The zero-order chi connectivity index (χ0) is 20.5. The molecule has 1 N–H and O–H groups in total. The summed E-state index contributed by atoms with van der Waals surface area (Å²) in [5, 5.41) is 14.0. The molecule has 0 saturated carbocycles. The minimum atomic E-state index is -1.02. The molecule has 0 fully saturated rings. The summed E-state index contributed by atoms with van der Waals surface area (Å²) in [6.45, 7) is 0. The molecule has 0 atom stereocenters. The van der Waals surface area contributed by atoms with E-state index in [1.54, 1.807) is 12.1 Å². The van der Waals surface area contributed by atoms with Gasteiger partial charge in [0.2, 0.25) is 0 Å². The lowest BCUT2D eigenvalue weighted by molar-refractivity contribution is 0.0694. The summed E-state index contributed by atoms with van der Waals surface area (Å²) >= 11 is 0. The van der Waals surface area contributed by atoms with E-state index in [4.69, 9.17) is 4.74 Å². The first-order valence-electron chi connectivity index (χ1n) is 9.72. The van der Waals surface area contributed by atoms with Gasteiger partial charge in [0.25, 0.3) is 0 Å². The van der Waals surface area contributed by atoms with Gasteiger partial charge in [0.15, 0.2) is 0 Å². The van der Waals surface area contributed by atoms with Gasteiger partial charge in [-0.25, -0.2) is 4.79 Å². The zero-order valence-corrected chi connectivity index (χ0v) is 16.1. The van der Waals surface area contributed by atoms with Gasteiger partial charge in [-0.15, -0.1) is 0 Å². The highest BCUT2D eigenvalue weighted by Crippen LogP contribution is 2.41. The van der Waals surface area contributed by atoms with E-state index in [2.05, 4.69) is 0 Å². The van der Waals surface area contributed by atoms with Gasteiger partial charge in [0.05, 0.1) is 0 Å². The van der Waals surface area contributed by atoms with E-state index in [0.717, 1.165) is 32.7 Å². The summed E-state index contributed by atoms with van der Waals surface area (Å²) in [4.78, 5) is 12.0. The van der Waals surface area contributed by atoms with Crippen molar-refractivity contribution >= 4 is 27.5 Å². The van der Waals surface area contributed by atoms with Crippen LogP contribution >= 0.6 is 0 Å². The quantitative estimate of drug-likeness (QED) is 0.354. The monoisotopic (exact) mass is 390 g/mol. The highest BCUT2D eigenvalue weighted by atomic mass is 16.5. The molecule has 0 aliphatic heterocycles. The summed E-state index contributed by atoms with van der Waals surface area (Å²) in [6.07, 6.45) is 0. The first kappa shape index (κ1) is 18.0. The lowest BCUT2D eigenvalue weighted by atomic mass is 9.96. The summed E-state index contributed by atoms with van der Waals surface area (Å²) in [5.74, 6) is -0.0479. The fourth-order valence-electron chi connectivity index (χ4n) is 3.88. The Bertz CT molecular complexity index is 1390. The Morgan fingerprint density at radius 1 is 0.600 bits per heavy atom. The molecule has 0 aliphatic rings. The fourth-order valence-corrected chi connectivity index (χ4v) is 3.88. The number of fused-ring (bicyclic) bond motifs is 2. The minimum absolute atomic E-state index is 0.133. The maximum atomic E-state index is 12.0. The number of para-hydroxylation sites is 1. The first-order chi connectivity index (χ1) is 14.7. The van der Waals surface area contributed by atoms with Crippen LogP contribution in [-0.2, 0) is 0 Å². The van der Waals surface area contributed by atoms with Gasteiger partial charge in [0, 0.05) is 10.9 Å². The molecule has 3 nitrogen and oxygen atoms in total. The minimum Gasteiger partial charge on any atom is -0.478 e. The standard InChI is InChI=1S/C27H18O3/c28-27(29)24-16-7-15-23(22-14-5-10-18-8-1-3-12-20(18)22)26(24)30-25-17-6-11-19-9-2-4-13-21(19)25/h1-17H,(H,28,29). The number of carboxylic acid groups (broad SMARTS) is 1. The maximum absolute atomic E-state index is 12.0. The third kappa shape index (κ3) is 3.07. The number of benzene rings is 5. The average molecular weight is 390 g/mol. The largest absolute Gasteiger partial charge is 0.478 e. The molecule has 5 aromatic rings. The summed E-state index contributed by atoms with van der Waals surface area (Å²) in [6, 6.07) is 33.0. The van der Waals surface area contributed by atoms with E-state index >= 15 is 0 Å². The fraction of sp³-hybridized carbons (Fsp3) is 0. The molecule has 0 spiro atoms. The number of ether oxygens (including phenoxy) is 1. The molecule has 0 aliphatic carbocycles. The molecule has 0 heterocycles. The summed E-state index contributed by atoms with van der Waals surface area (Å²) < 4.78 is 6.34. The van der Waals surface area contributed by atoms with Crippen LogP contribution in [0.15, 0.2) is 103 Å². The number of carbonyl (C=O) groups is 1. The third-order valence-electron chi connectivity index (χ3n) is 5.29. The molecule has 0 amide bonds. The highest BCUT2D eigenvalue weighted by molar-refractivity contribution is 6.01. The predicted molar refractivity (Wildman–Crippen MR) is 120 cm³/mol. The van der Waals surface area contributed by atoms with Crippen LogP contribution in [0.5, 0.6) is 11.5 Å². The van der Waals surface area contributed by atoms with Crippen molar-refractivity contribution < 1.29 is 14.6 Å². The molecule has 5 rings (SSSR count). The molecular weight excluding hydrogens is 372 g/mol. The van der Waals surface area contributed by atoms with Crippen LogP contribution in [0.2, 0.25) is 0 Å². The molecular formula is C27H18O3. The van der Waals surface area contributed by atoms with Gasteiger partial charge in [-0.3, -0.25) is 0 Å². The van der Waals surface area contributed by atoms with Crippen molar-refractivity contribution in [3.05, 3.63) is 109 Å². The van der Waals surface area contributed by atoms with Crippen LogP contribution in [-0.4, -0.2) is 11.1 Å². The van der Waals surface area contributed by atoms with E-state index in [1.165, 1.54) is 0 Å².